The SMILES string of the molecule is COc1ccc(N)c(Sc2nc(=O)c(=O)[nH]n2C)n1. The Bertz CT molecular complexity index is 724. The van der Waals surface area contributed by atoms with Crippen LogP contribution < -0.4 is 21.6 Å². The lowest BCUT2D eigenvalue weighted by Crippen LogP contribution is -2.33. The molecule has 0 aliphatic heterocycles. The minimum absolute atomic E-state index is 0.275. The Kier molecular flexibility index (Phi) is 3.56. The molecule has 0 fully saturated rings. The number of aromatic nitrogens is 4. The van der Waals surface area contributed by atoms with E-state index in [-0.39, 0.29) is 5.16 Å². The van der Waals surface area contributed by atoms with Gasteiger partial charge in [-0.3, -0.25) is 19.4 Å². The number of ether oxygens (including phenoxy) is 1. The third-order valence-corrected chi connectivity index (χ3v) is 3.28. The fourth-order valence-electron chi connectivity index (χ4n) is 1.27. The van der Waals surface area contributed by atoms with Crippen LogP contribution in [0.15, 0.2) is 31.9 Å². The first kappa shape index (κ1) is 13.1. The topological polar surface area (TPSA) is 116 Å². The molecular formula is C10H11N5O3S. The van der Waals surface area contributed by atoms with Crippen molar-refractivity contribution in [3.63, 3.8) is 0 Å². The standard InChI is InChI=1S/C10H11N5O3S/c1-15-10(13-7(16)8(17)14-15)19-9-5(11)3-4-6(12-9)18-2/h3-4H,11H2,1-2H3,(H,14,17). The predicted octanol–water partition coefficient (Wildman–Crippen LogP) is -0.394. The highest BCUT2D eigenvalue weighted by Gasteiger charge is 2.10. The fraction of sp³-hybridized carbons (Fsp3) is 0.200. The molecule has 0 atom stereocenters. The molecule has 0 unspecified atom stereocenters. The third-order valence-electron chi connectivity index (χ3n) is 2.21. The van der Waals surface area contributed by atoms with E-state index in [0.717, 1.165) is 11.8 Å². The lowest BCUT2D eigenvalue weighted by Gasteiger charge is -2.08. The zero-order chi connectivity index (χ0) is 14.0. The van der Waals surface area contributed by atoms with Crippen molar-refractivity contribution in [2.45, 2.75) is 10.2 Å². The smallest absolute Gasteiger partial charge is 0.339 e. The van der Waals surface area contributed by atoms with E-state index in [4.69, 9.17) is 10.5 Å². The molecular weight excluding hydrogens is 270 g/mol. The summed E-state index contributed by atoms with van der Waals surface area (Å²) in [5.41, 5.74) is 4.57. The van der Waals surface area contributed by atoms with Gasteiger partial charge < -0.3 is 10.5 Å². The van der Waals surface area contributed by atoms with E-state index < -0.39 is 11.1 Å². The van der Waals surface area contributed by atoms with E-state index in [1.807, 2.05) is 0 Å². The maximum absolute atomic E-state index is 11.2. The Hall–Kier alpha value is -2.29. The summed E-state index contributed by atoms with van der Waals surface area (Å²) in [4.78, 5) is 30.1. The summed E-state index contributed by atoms with van der Waals surface area (Å²) in [6, 6.07) is 3.26. The number of nitrogen functional groups attached to an aromatic ring is 1. The molecule has 0 amide bonds. The monoisotopic (exact) mass is 281 g/mol. The van der Waals surface area contributed by atoms with Gasteiger partial charge in [-0.25, -0.2) is 4.98 Å². The number of rotatable bonds is 3. The number of aromatic amines is 1. The molecule has 0 spiro atoms. The van der Waals surface area contributed by atoms with Crippen LogP contribution in [-0.2, 0) is 7.05 Å². The van der Waals surface area contributed by atoms with Gasteiger partial charge in [0.05, 0.1) is 12.8 Å². The first-order valence-corrected chi connectivity index (χ1v) is 5.98. The average Bonchev–Trinajstić information content (AvgIpc) is 2.38. The Balaban J connectivity index is 2.44. The van der Waals surface area contributed by atoms with Crippen LogP contribution in [0.3, 0.4) is 0 Å². The zero-order valence-electron chi connectivity index (χ0n) is 10.2. The number of methoxy groups -OCH3 is 1. The number of anilines is 1. The molecule has 0 saturated carbocycles. The summed E-state index contributed by atoms with van der Waals surface area (Å²) in [7, 11) is 3.05. The van der Waals surface area contributed by atoms with Gasteiger partial charge in [-0.1, -0.05) is 0 Å². The van der Waals surface area contributed by atoms with Crippen LogP contribution >= 0.6 is 11.8 Å². The van der Waals surface area contributed by atoms with Gasteiger partial charge in [0.1, 0.15) is 5.03 Å². The first-order valence-electron chi connectivity index (χ1n) is 5.17. The Labute approximate surface area is 111 Å². The van der Waals surface area contributed by atoms with E-state index >= 15 is 0 Å². The Morgan fingerprint density at radius 3 is 2.79 bits per heavy atom. The fourth-order valence-corrected chi connectivity index (χ4v) is 2.07. The summed E-state index contributed by atoms with van der Waals surface area (Å²) in [5, 5.41) is 3.05. The summed E-state index contributed by atoms with van der Waals surface area (Å²) in [6.45, 7) is 0. The van der Waals surface area contributed by atoms with Crippen molar-refractivity contribution < 1.29 is 4.74 Å². The largest absolute Gasteiger partial charge is 0.481 e. The van der Waals surface area contributed by atoms with Crippen molar-refractivity contribution in [3.8, 4) is 5.88 Å². The molecule has 2 rings (SSSR count). The van der Waals surface area contributed by atoms with Crippen LogP contribution in [0.1, 0.15) is 0 Å². The minimum Gasteiger partial charge on any atom is -0.481 e. The van der Waals surface area contributed by atoms with Crippen LogP contribution in [0.2, 0.25) is 0 Å². The molecule has 8 nitrogen and oxygen atoms in total. The number of nitrogens with two attached hydrogens (primary N) is 1. The molecule has 0 aromatic carbocycles. The maximum Gasteiger partial charge on any atom is 0.339 e. The van der Waals surface area contributed by atoms with Gasteiger partial charge in [0.25, 0.3) is 0 Å². The summed E-state index contributed by atoms with van der Waals surface area (Å²) < 4.78 is 6.32. The third kappa shape index (κ3) is 2.76. The van der Waals surface area contributed by atoms with Crippen LogP contribution in [0, 0.1) is 0 Å². The summed E-state index contributed by atoms with van der Waals surface area (Å²) >= 11 is 1.06. The van der Waals surface area contributed by atoms with Crippen LogP contribution in [0.25, 0.3) is 0 Å². The number of nitrogens with one attached hydrogen (secondary N) is 1. The minimum atomic E-state index is -0.859. The Morgan fingerprint density at radius 1 is 1.37 bits per heavy atom. The number of nitrogens with zero attached hydrogens (tertiary/aromatic N) is 3. The van der Waals surface area contributed by atoms with Gasteiger partial charge in [-0.05, 0) is 17.8 Å². The van der Waals surface area contributed by atoms with Gasteiger partial charge in [0, 0.05) is 13.1 Å². The highest BCUT2D eigenvalue weighted by Crippen LogP contribution is 2.29. The number of hydrogen-bond acceptors (Lipinski definition) is 7. The van der Waals surface area contributed by atoms with E-state index in [0.29, 0.717) is 16.6 Å². The number of H-pyrrole nitrogens is 1. The molecule has 9 heteroatoms. The van der Waals surface area contributed by atoms with Crippen LogP contribution in [0.4, 0.5) is 5.69 Å². The molecule has 0 radical (unpaired) electrons. The highest BCUT2D eigenvalue weighted by molar-refractivity contribution is 7.99. The van der Waals surface area contributed by atoms with E-state index in [2.05, 4.69) is 15.1 Å². The van der Waals surface area contributed by atoms with Gasteiger partial charge in [0.15, 0.2) is 5.16 Å². The lowest BCUT2D eigenvalue weighted by atomic mass is 10.4. The average molecular weight is 281 g/mol. The second-order valence-electron chi connectivity index (χ2n) is 3.55. The van der Waals surface area contributed by atoms with Crippen molar-refractivity contribution in [1.29, 1.82) is 0 Å². The number of aryl methyl sites for hydroxylation is 1. The van der Waals surface area contributed by atoms with Crippen molar-refractivity contribution in [2.75, 3.05) is 12.8 Å². The van der Waals surface area contributed by atoms with Gasteiger partial charge in [0.2, 0.25) is 5.88 Å². The molecule has 100 valence electrons. The number of hydrogen-bond donors (Lipinski definition) is 2. The van der Waals surface area contributed by atoms with E-state index in [1.54, 1.807) is 19.2 Å². The van der Waals surface area contributed by atoms with E-state index in [9.17, 15) is 9.59 Å². The van der Waals surface area contributed by atoms with E-state index in [1.165, 1.54) is 11.8 Å². The second-order valence-corrected chi connectivity index (χ2v) is 4.51. The normalized spacial score (nSPS) is 10.4. The molecule has 0 saturated heterocycles. The Morgan fingerprint density at radius 2 is 2.11 bits per heavy atom. The van der Waals surface area contributed by atoms with Crippen molar-refractivity contribution in [2.24, 2.45) is 7.05 Å². The van der Waals surface area contributed by atoms with Crippen molar-refractivity contribution in [1.82, 2.24) is 19.7 Å². The van der Waals surface area contributed by atoms with Crippen LogP contribution in [-0.4, -0.2) is 26.9 Å². The van der Waals surface area contributed by atoms with Gasteiger partial charge in [-0.2, -0.15) is 4.98 Å². The van der Waals surface area contributed by atoms with Gasteiger partial charge >= 0.3 is 11.1 Å². The molecule has 2 aromatic rings. The molecule has 3 N–H and O–H groups in total. The van der Waals surface area contributed by atoms with Crippen molar-refractivity contribution in [3.05, 3.63) is 32.8 Å². The molecule has 2 aromatic heterocycles. The predicted molar refractivity (Wildman–Crippen MR) is 69.4 cm³/mol. The lowest BCUT2D eigenvalue weighted by molar-refractivity contribution is 0.394. The summed E-state index contributed by atoms with van der Waals surface area (Å²) in [5.74, 6) is 0.395. The molecule has 0 bridgehead atoms. The highest BCUT2D eigenvalue weighted by atomic mass is 32.2. The quantitative estimate of drug-likeness (QED) is 0.736. The van der Waals surface area contributed by atoms with Crippen LogP contribution in [0.5, 0.6) is 5.88 Å². The second kappa shape index (κ2) is 5.14. The molecule has 0 aliphatic carbocycles. The first-order chi connectivity index (χ1) is 9.01. The van der Waals surface area contributed by atoms with Crippen molar-refractivity contribution >= 4 is 17.4 Å². The number of pyridine rings is 1. The van der Waals surface area contributed by atoms with Gasteiger partial charge in [-0.15, -0.1) is 0 Å². The molecule has 19 heavy (non-hydrogen) atoms. The summed E-state index contributed by atoms with van der Waals surface area (Å²) in [6.07, 6.45) is 0. The zero-order valence-corrected chi connectivity index (χ0v) is 11.0. The molecule has 0 aliphatic rings. The maximum atomic E-state index is 11.2. The molecule has 2 heterocycles.